The van der Waals surface area contributed by atoms with Crippen LogP contribution in [0.15, 0.2) is 66.7 Å². The summed E-state index contributed by atoms with van der Waals surface area (Å²) in [7, 11) is 0. The monoisotopic (exact) mass is 416 g/mol. The molecule has 0 unspecified atom stereocenters. The highest BCUT2D eigenvalue weighted by Crippen LogP contribution is 2.25. The second kappa shape index (κ2) is 8.87. The summed E-state index contributed by atoms with van der Waals surface area (Å²) >= 11 is 11.7. The van der Waals surface area contributed by atoms with Gasteiger partial charge >= 0.3 is 0 Å². The molecule has 3 aromatic rings. The molecule has 3 rings (SSSR count). The smallest absolute Gasteiger partial charge is 0.257 e. The van der Waals surface area contributed by atoms with Crippen molar-refractivity contribution >= 4 is 40.7 Å². The Morgan fingerprint density at radius 1 is 0.821 bits per heavy atom. The van der Waals surface area contributed by atoms with Crippen molar-refractivity contribution in [2.24, 2.45) is 0 Å². The minimum atomic E-state index is -0.759. The van der Waals surface area contributed by atoms with Crippen molar-refractivity contribution in [2.75, 3.05) is 5.32 Å². The number of carbonyl (C=O) groups is 2. The lowest BCUT2D eigenvalue weighted by atomic mass is 10.1. The van der Waals surface area contributed by atoms with Crippen LogP contribution in [0.2, 0.25) is 10.0 Å². The molecule has 2 N–H and O–H groups in total. The van der Waals surface area contributed by atoms with Crippen molar-refractivity contribution in [1.82, 2.24) is 5.32 Å². The van der Waals surface area contributed by atoms with Crippen LogP contribution < -0.4 is 10.6 Å². The number of carbonyl (C=O) groups excluding carboxylic acids is 2. The van der Waals surface area contributed by atoms with E-state index in [-0.39, 0.29) is 32.8 Å². The maximum absolute atomic E-state index is 13.7. The summed E-state index contributed by atoms with van der Waals surface area (Å²) < 4.78 is 13.7. The van der Waals surface area contributed by atoms with Crippen LogP contribution in [0.3, 0.4) is 0 Å². The van der Waals surface area contributed by atoms with Crippen LogP contribution in [0.25, 0.3) is 0 Å². The van der Waals surface area contributed by atoms with Crippen LogP contribution >= 0.6 is 23.2 Å². The first-order valence-electron chi connectivity index (χ1n) is 8.33. The number of hydrogen-bond acceptors (Lipinski definition) is 2. The molecule has 0 aromatic heterocycles. The van der Waals surface area contributed by atoms with E-state index < -0.39 is 11.7 Å². The maximum atomic E-state index is 13.7. The number of para-hydroxylation sites is 1. The molecule has 0 heterocycles. The summed E-state index contributed by atoms with van der Waals surface area (Å²) in [5.41, 5.74) is 1.42. The zero-order chi connectivity index (χ0) is 20.1. The molecule has 0 spiro atoms. The SMILES string of the molecule is O=C(Nc1ccccc1C(=O)NCc1ccccc1)c1cc(F)c(Cl)cc1Cl. The third kappa shape index (κ3) is 4.68. The fourth-order valence-corrected chi connectivity index (χ4v) is 3.02. The van der Waals surface area contributed by atoms with Gasteiger partial charge in [-0.15, -0.1) is 0 Å². The molecular weight excluding hydrogens is 402 g/mol. The summed E-state index contributed by atoms with van der Waals surface area (Å²) in [6.45, 7) is 0.343. The van der Waals surface area contributed by atoms with Crippen LogP contribution in [-0.2, 0) is 6.54 Å². The molecule has 142 valence electrons. The highest BCUT2D eigenvalue weighted by atomic mass is 35.5. The number of benzene rings is 3. The molecule has 4 nitrogen and oxygen atoms in total. The van der Waals surface area contributed by atoms with Gasteiger partial charge in [-0.1, -0.05) is 65.7 Å². The van der Waals surface area contributed by atoms with E-state index in [0.29, 0.717) is 6.54 Å². The summed E-state index contributed by atoms with van der Waals surface area (Å²) in [4.78, 5) is 25.1. The van der Waals surface area contributed by atoms with Gasteiger partial charge in [-0.3, -0.25) is 9.59 Å². The van der Waals surface area contributed by atoms with Crippen LogP contribution in [0.1, 0.15) is 26.3 Å². The molecule has 0 aliphatic rings. The van der Waals surface area contributed by atoms with E-state index in [4.69, 9.17) is 23.2 Å². The Balaban J connectivity index is 1.77. The molecule has 3 aromatic carbocycles. The zero-order valence-corrected chi connectivity index (χ0v) is 16.0. The summed E-state index contributed by atoms with van der Waals surface area (Å²) in [5, 5.41) is 5.23. The average molecular weight is 417 g/mol. The number of anilines is 1. The van der Waals surface area contributed by atoms with E-state index in [9.17, 15) is 14.0 Å². The van der Waals surface area contributed by atoms with Crippen molar-refractivity contribution < 1.29 is 14.0 Å². The van der Waals surface area contributed by atoms with Crippen molar-refractivity contribution in [3.8, 4) is 0 Å². The van der Waals surface area contributed by atoms with Gasteiger partial charge in [0.1, 0.15) is 5.82 Å². The lowest BCUT2D eigenvalue weighted by Crippen LogP contribution is -2.25. The molecule has 0 fully saturated rings. The zero-order valence-electron chi connectivity index (χ0n) is 14.5. The first kappa shape index (κ1) is 19.9. The Hall–Kier alpha value is -2.89. The van der Waals surface area contributed by atoms with Crippen LogP contribution in [0.5, 0.6) is 0 Å². The van der Waals surface area contributed by atoms with Crippen molar-refractivity contribution in [1.29, 1.82) is 0 Å². The lowest BCUT2D eigenvalue weighted by Gasteiger charge is -2.12. The first-order valence-corrected chi connectivity index (χ1v) is 9.08. The van der Waals surface area contributed by atoms with Crippen LogP contribution in [0.4, 0.5) is 10.1 Å². The quantitative estimate of drug-likeness (QED) is 0.553. The average Bonchev–Trinajstić information content (AvgIpc) is 2.70. The van der Waals surface area contributed by atoms with Gasteiger partial charge < -0.3 is 10.6 Å². The van der Waals surface area contributed by atoms with Gasteiger partial charge in [0.2, 0.25) is 0 Å². The Labute approximate surface area is 171 Å². The van der Waals surface area contributed by atoms with Gasteiger partial charge in [0.15, 0.2) is 0 Å². The highest BCUT2D eigenvalue weighted by Gasteiger charge is 2.17. The number of rotatable bonds is 5. The fraction of sp³-hybridized carbons (Fsp3) is 0.0476. The third-order valence-corrected chi connectivity index (χ3v) is 4.57. The third-order valence-electron chi connectivity index (χ3n) is 3.97. The molecule has 7 heteroatoms. The predicted octanol–water partition coefficient (Wildman–Crippen LogP) is 5.31. The molecule has 0 saturated heterocycles. The summed E-state index contributed by atoms with van der Waals surface area (Å²) in [6, 6.07) is 18.1. The minimum Gasteiger partial charge on any atom is -0.348 e. The molecule has 0 bridgehead atoms. The van der Waals surface area contributed by atoms with Crippen LogP contribution in [-0.4, -0.2) is 11.8 Å². The molecular formula is C21H15Cl2FN2O2. The Morgan fingerprint density at radius 3 is 2.25 bits per heavy atom. The van der Waals surface area contributed by atoms with Gasteiger partial charge in [-0.25, -0.2) is 4.39 Å². The second-order valence-electron chi connectivity index (χ2n) is 5.91. The highest BCUT2D eigenvalue weighted by molar-refractivity contribution is 6.37. The topological polar surface area (TPSA) is 58.2 Å². The predicted molar refractivity (Wildman–Crippen MR) is 108 cm³/mol. The molecule has 0 aliphatic carbocycles. The second-order valence-corrected chi connectivity index (χ2v) is 6.73. The van der Waals surface area contributed by atoms with E-state index >= 15 is 0 Å². The van der Waals surface area contributed by atoms with E-state index in [1.807, 2.05) is 30.3 Å². The Bertz CT molecular complexity index is 1030. The molecule has 0 saturated carbocycles. The van der Waals surface area contributed by atoms with E-state index in [1.165, 1.54) is 0 Å². The molecule has 0 radical (unpaired) electrons. The van der Waals surface area contributed by atoms with E-state index in [1.54, 1.807) is 24.3 Å². The molecule has 28 heavy (non-hydrogen) atoms. The fourth-order valence-electron chi connectivity index (χ4n) is 2.55. The number of nitrogens with one attached hydrogen (secondary N) is 2. The Kier molecular flexibility index (Phi) is 6.29. The minimum absolute atomic E-state index is 0.00918. The molecule has 2 amide bonds. The lowest BCUT2D eigenvalue weighted by molar-refractivity contribution is 0.0952. The first-order chi connectivity index (χ1) is 13.5. The van der Waals surface area contributed by atoms with Gasteiger partial charge in [0.05, 0.1) is 26.9 Å². The summed E-state index contributed by atoms with van der Waals surface area (Å²) in [5.74, 6) is -1.76. The largest absolute Gasteiger partial charge is 0.348 e. The van der Waals surface area contributed by atoms with Crippen molar-refractivity contribution in [2.45, 2.75) is 6.54 Å². The number of amides is 2. The van der Waals surface area contributed by atoms with Gasteiger partial charge in [-0.2, -0.15) is 0 Å². The molecule has 0 atom stereocenters. The van der Waals surface area contributed by atoms with Gasteiger partial charge in [0, 0.05) is 6.54 Å². The van der Waals surface area contributed by atoms with E-state index in [0.717, 1.165) is 17.7 Å². The maximum Gasteiger partial charge on any atom is 0.257 e. The molecule has 0 aliphatic heterocycles. The van der Waals surface area contributed by atoms with Crippen LogP contribution in [0, 0.1) is 5.82 Å². The van der Waals surface area contributed by atoms with Gasteiger partial charge in [0.25, 0.3) is 11.8 Å². The number of hydrogen-bond donors (Lipinski definition) is 2. The Morgan fingerprint density at radius 2 is 1.50 bits per heavy atom. The summed E-state index contributed by atoms with van der Waals surface area (Å²) in [6.07, 6.45) is 0. The van der Waals surface area contributed by atoms with Crippen molar-refractivity contribution in [3.05, 3.63) is 99.3 Å². The normalized spacial score (nSPS) is 10.4. The van der Waals surface area contributed by atoms with Gasteiger partial charge in [-0.05, 0) is 29.8 Å². The standard InChI is InChI=1S/C21H15Cl2FN2O2/c22-16-11-17(23)18(24)10-15(16)21(28)26-19-9-5-4-8-14(19)20(27)25-12-13-6-2-1-3-7-13/h1-11H,12H2,(H,25,27)(H,26,28). The van der Waals surface area contributed by atoms with E-state index in [2.05, 4.69) is 10.6 Å². The number of halogens is 3. The van der Waals surface area contributed by atoms with Crippen molar-refractivity contribution in [3.63, 3.8) is 0 Å².